The number of carboxylic acid groups (broad SMARTS) is 1. The fourth-order valence-electron chi connectivity index (χ4n) is 0.453. The maximum Gasteiger partial charge on any atom is 0.373 e. The van der Waals surface area contributed by atoms with Gasteiger partial charge in [-0.15, -0.1) is 0 Å². The largest absolute Gasteiger partial charge is 0.481 e. The first-order chi connectivity index (χ1) is 7.54. The molecule has 16 heavy (non-hydrogen) atoms. The highest BCUT2D eigenvalue weighted by Crippen LogP contribution is 1.95. The summed E-state index contributed by atoms with van der Waals surface area (Å²) in [5.41, 5.74) is 6.18. The van der Waals surface area contributed by atoms with Crippen molar-refractivity contribution in [1.82, 2.24) is 0 Å². The van der Waals surface area contributed by atoms with Crippen molar-refractivity contribution in [2.45, 2.75) is 20.8 Å². The van der Waals surface area contributed by atoms with E-state index >= 15 is 0 Å². The van der Waals surface area contributed by atoms with Gasteiger partial charge in [0.25, 0.3) is 5.97 Å². The zero-order chi connectivity index (χ0) is 13.4. The van der Waals surface area contributed by atoms with Crippen LogP contribution in [0.1, 0.15) is 20.8 Å². The van der Waals surface area contributed by atoms with Crippen molar-refractivity contribution in [3.63, 3.8) is 0 Å². The van der Waals surface area contributed by atoms with Crippen molar-refractivity contribution in [3.05, 3.63) is 30.3 Å². The van der Waals surface area contributed by atoms with Gasteiger partial charge in [0.05, 0.1) is 0 Å². The fourth-order valence-corrected chi connectivity index (χ4v) is 0.453. The van der Waals surface area contributed by atoms with E-state index < -0.39 is 5.97 Å². The minimum absolute atomic E-state index is 0.250. The molecular formula is C11H17NO4. The van der Waals surface area contributed by atoms with E-state index in [0.717, 1.165) is 12.6 Å². The van der Waals surface area contributed by atoms with Crippen LogP contribution in [0, 0.1) is 0 Å². The average Bonchev–Trinajstić information content (AvgIpc) is 2.22. The third-order valence-electron chi connectivity index (χ3n) is 0.800. The number of aliphatic carboxylic acids is 1. The predicted octanol–water partition coefficient (Wildman–Crippen LogP) is 1.80. The Bertz CT molecular complexity index is 275. The highest BCUT2D eigenvalue weighted by molar-refractivity contribution is 5.62. The normalized spacial score (nSPS) is 6.19. The van der Waals surface area contributed by atoms with E-state index in [1.165, 1.54) is 0 Å². The summed E-state index contributed by atoms with van der Waals surface area (Å²) in [7, 11) is 0. The van der Waals surface area contributed by atoms with Crippen LogP contribution in [0.5, 0.6) is 0 Å². The number of hydrogen-bond acceptors (Lipinski definition) is 4. The van der Waals surface area contributed by atoms with Gasteiger partial charge in [-0.2, -0.15) is 9.59 Å². The van der Waals surface area contributed by atoms with Crippen LogP contribution in [-0.4, -0.2) is 17.2 Å². The number of carboxylic acids is 1. The molecular weight excluding hydrogens is 210 g/mol. The summed E-state index contributed by atoms with van der Waals surface area (Å²) in [5.74, 6) is -0.833. The second-order valence-electron chi connectivity index (χ2n) is 2.01. The zero-order valence-electron chi connectivity index (χ0n) is 9.64. The summed E-state index contributed by atoms with van der Waals surface area (Å²) in [4.78, 5) is 25.2. The first kappa shape index (κ1) is 19.4. The quantitative estimate of drug-likeness (QED) is 0.658. The van der Waals surface area contributed by atoms with Crippen molar-refractivity contribution in [2.75, 3.05) is 5.73 Å². The number of carbonyl (C=O) groups excluding carboxylic acids is 2. The van der Waals surface area contributed by atoms with Crippen LogP contribution in [0.3, 0.4) is 0 Å². The maximum absolute atomic E-state index is 9.00. The first-order valence-corrected chi connectivity index (χ1v) is 4.54. The molecule has 0 aliphatic rings. The summed E-state index contributed by atoms with van der Waals surface area (Å²) < 4.78 is 0. The van der Waals surface area contributed by atoms with E-state index in [9.17, 15) is 0 Å². The van der Waals surface area contributed by atoms with Crippen molar-refractivity contribution in [2.24, 2.45) is 0 Å². The number of hydrogen-bond donors (Lipinski definition) is 2. The third kappa shape index (κ3) is 40.7. The molecule has 0 fully saturated rings. The molecule has 0 saturated heterocycles. The summed E-state index contributed by atoms with van der Waals surface area (Å²) in [6.45, 7) is 5.08. The van der Waals surface area contributed by atoms with Gasteiger partial charge < -0.3 is 10.8 Å². The molecule has 0 atom stereocenters. The molecule has 3 N–H and O–H groups in total. The molecule has 0 amide bonds. The van der Waals surface area contributed by atoms with Gasteiger partial charge in [0.15, 0.2) is 0 Å². The molecule has 1 aromatic carbocycles. The van der Waals surface area contributed by atoms with Gasteiger partial charge in [-0.05, 0) is 12.1 Å². The second kappa shape index (κ2) is 18.6. The first-order valence-electron chi connectivity index (χ1n) is 4.54. The van der Waals surface area contributed by atoms with Crippen LogP contribution in [0.4, 0.5) is 5.69 Å². The van der Waals surface area contributed by atoms with E-state index in [4.69, 9.17) is 25.2 Å². The van der Waals surface area contributed by atoms with Crippen molar-refractivity contribution >= 4 is 17.8 Å². The Labute approximate surface area is 94.9 Å². The Morgan fingerprint density at radius 1 is 1.19 bits per heavy atom. The lowest BCUT2D eigenvalue weighted by atomic mass is 10.3. The van der Waals surface area contributed by atoms with Crippen molar-refractivity contribution < 1.29 is 19.5 Å². The van der Waals surface area contributed by atoms with Crippen LogP contribution in [0.2, 0.25) is 0 Å². The summed E-state index contributed by atoms with van der Waals surface area (Å²) in [5, 5.41) is 7.42. The molecule has 1 rings (SSSR count). The van der Waals surface area contributed by atoms with E-state index in [2.05, 4.69) is 0 Å². The van der Waals surface area contributed by atoms with E-state index in [1.807, 2.05) is 44.2 Å². The third-order valence-corrected chi connectivity index (χ3v) is 0.800. The minimum atomic E-state index is -0.833. The van der Waals surface area contributed by atoms with E-state index in [0.29, 0.717) is 0 Å². The van der Waals surface area contributed by atoms with Gasteiger partial charge >= 0.3 is 6.15 Å². The minimum Gasteiger partial charge on any atom is -0.481 e. The number of carbonyl (C=O) groups is 1. The topological polar surface area (TPSA) is 97.5 Å². The highest BCUT2D eigenvalue weighted by atomic mass is 16.4. The van der Waals surface area contributed by atoms with Crippen LogP contribution >= 0.6 is 0 Å². The molecule has 0 radical (unpaired) electrons. The highest BCUT2D eigenvalue weighted by Gasteiger charge is 1.72. The SMILES string of the molecule is CC.CC(=O)O.Nc1ccccc1.O=C=O. The average molecular weight is 227 g/mol. The van der Waals surface area contributed by atoms with Crippen LogP contribution in [0.25, 0.3) is 0 Å². The number of nitrogen functional groups attached to an aromatic ring is 1. The molecule has 1 aromatic rings. The molecule has 0 heterocycles. The molecule has 0 bridgehead atoms. The molecule has 5 heteroatoms. The van der Waals surface area contributed by atoms with Crippen LogP contribution in [0.15, 0.2) is 30.3 Å². The number of benzene rings is 1. The van der Waals surface area contributed by atoms with Gasteiger partial charge in [-0.3, -0.25) is 4.79 Å². The summed E-state index contributed by atoms with van der Waals surface area (Å²) in [6.07, 6.45) is 0.250. The summed E-state index contributed by atoms with van der Waals surface area (Å²) in [6, 6.07) is 9.49. The van der Waals surface area contributed by atoms with Gasteiger partial charge in [-0.1, -0.05) is 32.0 Å². The maximum atomic E-state index is 9.00. The Morgan fingerprint density at radius 3 is 1.56 bits per heavy atom. The zero-order valence-corrected chi connectivity index (χ0v) is 9.64. The molecule has 0 unspecified atom stereocenters. The van der Waals surface area contributed by atoms with Gasteiger partial charge in [-0.25, -0.2) is 0 Å². The monoisotopic (exact) mass is 227 g/mol. The lowest BCUT2D eigenvalue weighted by Gasteiger charge is -1.83. The molecule has 0 saturated carbocycles. The molecule has 0 aromatic heterocycles. The number of rotatable bonds is 0. The van der Waals surface area contributed by atoms with Gasteiger partial charge in [0.1, 0.15) is 0 Å². The number of para-hydroxylation sites is 1. The van der Waals surface area contributed by atoms with Crippen LogP contribution in [-0.2, 0) is 14.4 Å². The van der Waals surface area contributed by atoms with Crippen LogP contribution < -0.4 is 5.73 Å². The number of nitrogens with two attached hydrogens (primary N) is 1. The molecule has 0 spiro atoms. The lowest BCUT2D eigenvalue weighted by Crippen LogP contribution is -1.79. The smallest absolute Gasteiger partial charge is 0.373 e. The van der Waals surface area contributed by atoms with Crippen molar-refractivity contribution in [1.29, 1.82) is 0 Å². The number of anilines is 1. The van der Waals surface area contributed by atoms with Gasteiger partial charge in [0, 0.05) is 12.6 Å². The predicted molar refractivity (Wildman–Crippen MR) is 60.5 cm³/mol. The Morgan fingerprint density at radius 2 is 1.44 bits per heavy atom. The van der Waals surface area contributed by atoms with E-state index in [1.54, 1.807) is 0 Å². The standard InChI is InChI=1S/C6H7N.C2H4O2.C2H6.CO2/c7-6-4-2-1-3-5-6;1-2(3)4;1-2;2-1-3/h1-5H,7H2;1H3,(H,3,4);1-2H3;. The van der Waals surface area contributed by atoms with Gasteiger partial charge in [0.2, 0.25) is 0 Å². The second-order valence-corrected chi connectivity index (χ2v) is 2.01. The fraction of sp³-hybridized carbons (Fsp3) is 0.273. The molecule has 0 aliphatic carbocycles. The summed E-state index contributed by atoms with van der Waals surface area (Å²) >= 11 is 0. The molecule has 0 aliphatic heterocycles. The molecule has 90 valence electrons. The lowest BCUT2D eigenvalue weighted by molar-refractivity contribution is -0.191. The Balaban J connectivity index is -0.000000163. The van der Waals surface area contributed by atoms with Crippen molar-refractivity contribution in [3.8, 4) is 0 Å². The van der Waals surface area contributed by atoms with E-state index in [-0.39, 0.29) is 6.15 Å². The Kier molecular flexibility index (Phi) is 22.6. The Hall–Kier alpha value is -2.13. The molecule has 5 nitrogen and oxygen atoms in total.